The van der Waals surface area contributed by atoms with Gasteiger partial charge >= 0.3 is 0 Å². The van der Waals surface area contributed by atoms with Crippen molar-refractivity contribution in [2.24, 2.45) is 0 Å². The smallest absolute Gasteiger partial charge is 0.109 e. The fraction of sp³-hybridized carbons (Fsp3) is 0.312. The first-order chi connectivity index (χ1) is 10.2. The van der Waals surface area contributed by atoms with Crippen molar-refractivity contribution in [3.8, 4) is 0 Å². The molecule has 2 heterocycles. The van der Waals surface area contributed by atoms with Gasteiger partial charge in [-0.05, 0) is 59.1 Å². The Kier molecular flexibility index (Phi) is 4.31. The second kappa shape index (κ2) is 6.20. The van der Waals surface area contributed by atoms with Crippen LogP contribution in [0.4, 0.5) is 5.69 Å². The summed E-state index contributed by atoms with van der Waals surface area (Å²) in [5.74, 6) is 1.16. The van der Waals surface area contributed by atoms with E-state index in [2.05, 4.69) is 45.6 Å². The van der Waals surface area contributed by atoms with Crippen molar-refractivity contribution in [3.05, 3.63) is 44.8 Å². The Morgan fingerprint density at radius 1 is 1.24 bits per heavy atom. The maximum atomic E-state index is 5.87. The summed E-state index contributed by atoms with van der Waals surface area (Å²) in [6.45, 7) is 3.15. The molecule has 0 saturated heterocycles. The minimum absolute atomic E-state index is 0.775. The number of nitrogens with zero attached hydrogens (tertiary/aromatic N) is 2. The lowest BCUT2D eigenvalue weighted by molar-refractivity contribution is 0.662. The molecular weight excluding hydrogens is 346 g/mol. The van der Waals surface area contributed by atoms with Crippen LogP contribution in [-0.2, 0) is 19.4 Å². The molecule has 3 aromatic rings. The number of nitrogens with two attached hydrogens (primary N) is 1. The topological polar surface area (TPSA) is 43.8 Å². The molecular formula is C16H18BrN3S. The predicted octanol–water partition coefficient (Wildman–Crippen LogP) is 4.64. The van der Waals surface area contributed by atoms with Gasteiger partial charge in [0.15, 0.2) is 0 Å². The lowest BCUT2D eigenvalue weighted by Gasteiger charge is -2.08. The van der Waals surface area contributed by atoms with Gasteiger partial charge in [-0.25, -0.2) is 4.98 Å². The van der Waals surface area contributed by atoms with E-state index in [1.165, 1.54) is 14.2 Å². The van der Waals surface area contributed by atoms with Gasteiger partial charge in [0.1, 0.15) is 5.82 Å². The first-order valence-electron chi connectivity index (χ1n) is 7.16. The molecule has 0 fully saturated rings. The van der Waals surface area contributed by atoms with Crippen LogP contribution in [0.25, 0.3) is 11.0 Å². The van der Waals surface area contributed by atoms with E-state index in [0.29, 0.717) is 0 Å². The van der Waals surface area contributed by atoms with Crippen molar-refractivity contribution in [2.45, 2.75) is 32.7 Å². The van der Waals surface area contributed by atoms with Crippen LogP contribution in [-0.4, -0.2) is 9.55 Å². The van der Waals surface area contributed by atoms with Crippen molar-refractivity contribution in [1.82, 2.24) is 9.55 Å². The van der Waals surface area contributed by atoms with Gasteiger partial charge in [-0.15, -0.1) is 11.3 Å². The third kappa shape index (κ3) is 3.14. The number of nitrogen functional groups attached to an aromatic ring is 1. The van der Waals surface area contributed by atoms with Gasteiger partial charge in [0.2, 0.25) is 0 Å². The van der Waals surface area contributed by atoms with Crippen molar-refractivity contribution in [3.63, 3.8) is 0 Å². The maximum Gasteiger partial charge on any atom is 0.109 e. The van der Waals surface area contributed by atoms with Crippen LogP contribution in [0.15, 0.2) is 34.1 Å². The van der Waals surface area contributed by atoms with Crippen molar-refractivity contribution in [1.29, 1.82) is 0 Å². The summed E-state index contributed by atoms with van der Waals surface area (Å²) in [5.41, 5.74) is 8.84. The highest BCUT2D eigenvalue weighted by atomic mass is 79.9. The van der Waals surface area contributed by atoms with Crippen LogP contribution >= 0.6 is 27.3 Å². The number of aromatic nitrogens is 2. The first-order valence-corrected chi connectivity index (χ1v) is 8.77. The van der Waals surface area contributed by atoms with Gasteiger partial charge in [-0.3, -0.25) is 0 Å². The van der Waals surface area contributed by atoms with Crippen molar-refractivity contribution >= 4 is 44.0 Å². The summed E-state index contributed by atoms with van der Waals surface area (Å²) in [7, 11) is 0. The number of hydrogen-bond donors (Lipinski definition) is 1. The van der Waals surface area contributed by atoms with Crippen molar-refractivity contribution < 1.29 is 0 Å². The van der Waals surface area contributed by atoms with E-state index in [9.17, 15) is 0 Å². The lowest BCUT2D eigenvalue weighted by atomic mass is 10.2. The molecule has 0 aliphatic carbocycles. The van der Waals surface area contributed by atoms with Gasteiger partial charge < -0.3 is 10.3 Å². The van der Waals surface area contributed by atoms with E-state index >= 15 is 0 Å². The highest BCUT2D eigenvalue weighted by molar-refractivity contribution is 9.11. The predicted molar refractivity (Wildman–Crippen MR) is 93.9 cm³/mol. The van der Waals surface area contributed by atoms with Crippen LogP contribution in [0, 0.1) is 0 Å². The first kappa shape index (κ1) is 14.6. The van der Waals surface area contributed by atoms with Gasteiger partial charge in [-0.1, -0.05) is 6.92 Å². The Balaban J connectivity index is 1.92. The van der Waals surface area contributed by atoms with Gasteiger partial charge in [-0.2, -0.15) is 0 Å². The molecule has 3 rings (SSSR count). The Morgan fingerprint density at radius 2 is 2.10 bits per heavy atom. The number of aryl methyl sites for hydroxylation is 3. The normalized spacial score (nSPS) is 11.3. The molecule has 0 bridgehead atoms. The molecule has 0 saturated carbocycles. The zero-order chi connectivity index (χ0) is 14.8. The minimum Gasteiger partial charge on any atom is -0.399 e. The second-order valence-electron chi connectivity index (χ2n) is 5.13. The molecule has 0 spiro atoms. The van der Waals surface area contributed by atoms with E-state index in [0.717, 1.165) is 42.8 Å². The minimum atomic E-state index is 0.775. The SMILES string of the molecule is CCCc1nc2cc(N)ccc2n1CCc1ccc(Br)s1. The number of hydrogen-bond acceptors (Lipinski definition) is 3. The largest absolute Gasteiger partial charge is 0.399 e. The lowest BCUT2D eigenvalue weighted by Crippen LogP contribution is -2.05. The molecule has 3 nitrogen and oxygen atoms in total. The summed E-state index contributed by atoms with van der Waals surface area (Å²) < 4.78 is 3.53. The molecule has 110 valence electrons. The molecule has 0 atom stereocenters. The number of benzene rings is 1. The van der Waals surface area contributed by atoms with E-state index in [1.807, 2.05) is 12.1 Å². The van der Waals surface area contributed by atoms with E-state index in [1.54, 1.807) is 11.3 Å². The average Bonchev–Trinajstić information content (AvgIpc) is 3.00. The molecule has 1 aromatic carbocycles. The van der Waals surface area contributed by atoms with Gasteiger partial charge in [0.25, 0.3) is 0 Å². The monoisotopic (exact) mass is 363 g/mol. The highest BCUT2D eigenvalue weighted by Gasteiger charge is 2.10. The molecule has 0 unspecified atom stereocenters. The molecule has 2 aromatic heterocycles. The van der Waals surface area contributed by atoms with Crippen LogP contribution in [0.5, 0.6) is 0 Å². The quantitative estimate of drug-likeness (QED) is 0.671. The molecule has 5 heteroatoms. The number of thiophene rings is 1. The van der Waals surface area contributed by atoms with Crippen LogP contribution in [0.2, 0.25) is 0 Å². The summed E-state index contributed by atoms with van der Waals surface area (Å²) in [6.07, 6.45) is 3.13. The molecule has 0 aliphatic rings. The summed E-state index contributed by atoms with van der Waals surface area (Å²) in [5, 5.41) is 0. The zero-order valence-electron chi connectivity index (χ0n) is 12.0. The van der Waals surface area contributed by atoms with Crippen molar-refractivity contribution in [2.75, 3.05) is 5.73 Å². The Labute approximate surface area is 136 Å². The van der Waals surface area contributed by atoms with Gasteiger partial charge in [0, 0.05) is 23.5 Å². The van der Waals surface area contributed by atoms with Crippen LogP contribution in [0.1, 0.15) is 24.0 Å². The van der Waals surface area contributed by atoms with E-state index in [4.69, 9.17) is 10.7 Å². The third-order valence-corrected chi connectivity index (χ3v) is 5.22. The fourth-order valence-corrected chi connectivity index (χ4v) is 4.04. The number of imidazole rings is 1. The Morgan fingerprint density at radius 3 is 2.81 bits per heavy atom. The standard InChI is InChI=1S/C16H18BrN3S/c1-2-3-16-19-13-10-11(18)4-6-14(13)20(16)9-8-12-5-7-15(17)21-12/h4-7,10H,2-3,8-9,18H2,1H3. The summed E-state index contributed by atoms with van der Waals surface area (Å²) in [6, 6.07) is 10.3. The molecule has 0 radical (unpaired) electrons. The summed E-state index contributed by atoms with van der Waals surface area (Å²) >= 11 is 5.32. The Hall–Kier alpha value is -1.33. The summed E-state index contributed by atoms with van der Waals surface area (Å²) in [4.78, 5) is 6.15. The highest BCUT2D eigenvalue weighted by Crippen LogP contribution is 2.24. The number of halogens is 1. The Bertz CT molecular complexity index is 760. The third-order valence-electron chi connectivity index (χ3n) is 3.54. The number of anilines is 1. The molecule has 2 N–H and O–H groups in total. The fourth-order valence-electron chi connectivity index (χ4n) is 2.57. The zero-order valence-corrected chi connectivity index (χ0v) is 14.4. The molecule has 0 aliphatic heterocycles. The molecule has 21 heavy (non-hydrogen) atoms. The van der Waals surface area contributed by atoms with Crippen LogP contribution < -0.4 is 5.73 Å². The van der Waals surface area contributed by atoms with Crippen LogP contribution in [0.3, 0.4) is 0 Å². The average molecular weight is 364 g/mol. The van der Waals surface area contributed by atoms with Gasteiger partial charge in [0.05, 0.1) is 14.8 Å². The maximum absolute atomic E-state index is 5.87. The number of rotatable bonds is 5. The number of fused-ring (bicyclic) bond motifs is 1. The van der Waals surface area contributed by atoms with E-state index in [-0.39, 0.29) is 0 Å². The second-order valence-corrected chi connectivity index (χ2v) is 7.68. The van der Waals surface area contributed by atoms with E-state index < -0.39 is 0 Å². The molecule has 0 amide bonds.